The van der Waals surface area contributed by atoms with Gasteiger partial charge in [-0.15, -0.1) is 0 Å². The highest BCUT2D eigenvalue weighted by atomic mass is 16.7. The molecular formula is C14H24N2O6. The van der Waals surface area contributed by atoms with E-state index < -0.39 is 42.7 Å². The number of hydrogen-bond donors (Lipinski definition) is 6. The van der Waals surface area contributed by atoms with Crippen molar-refractivity contribution >= 4 is 0 Å². The van der Waals surface area contributed by atoms with Crippen molar-refractivity contribution in [1.82, 2.24) is 5.32 Å². The zero-order valence-corrected chi connectivity index (χ0v) is 12.4. The molecule has 0 radical (unpaired) electrons. The first kappa shape index (κ1) is 16.3. The van der Waals surface area contributed by atoms with E-state index in [1.54, 1.807) is 13.0 Å². The first-order valence-electron chi connectivity index (χ1n) is 7.58. The summed E-state index contributed by atoms with van der Waals surface area (Å²) in [5.74, 6) is -0.327. The third-order valence-electron chi connectivity index (χ3n) is 4.99. The zero-order chi connectivity index (χ0) is 16.0. The SMILES string of the molecule is CC1C(CO)=CC(NC2C3COC(O3)C(N)C2O)C(O)C1O. The highest BCUT2D eigenvalue weighted by Crippen LogP contribution is 2.30. The number of fused-ring (bicyclic) bond motifs is 2. The lowest BCUT2D eigenvalue weighted by molar-refractivity contribution is -0.146. The third kappa shape index (κ3) is 2.59. The fourth-order valence-electron chi connectivity index (χ4n) is 3.43. The fraction of sp³-hybridized carbons (Fsp3) is 0.857. The van der Waals surface area contributed by atoms with Crippen LogP contribution in [0.4, 0.5) is 0 Å². The highest BCUT2D eigenvalue weighted by Gasteiger charge is 2.50. The summed E-state index contributed by atoms with van der Waals surface area (Å²) >= 11 is 0. The van der Waals surface area contributed by atoms with E-state index in [1.165, 1.54) is 0 Å². The van der Waals surface area contributed by atoms with Crippen LogP contribution >= 0.6 is 0 Å². The van der Waals surface area contributed by atoms with Gasteiger partial charge in [0.15, 0.2) is 6.29 Å². The molecule has 2 bridgehead atoms. The Labute approximate surface area is 128 Å². The molecule has 2 aliphatic heterocycles. The van der Waals surface area contributed by atoms with Gasteiger partial charge in [-0.05, 0) is 5.57 Å². The maximum Gasteiger partial charge on any atom is 0.175 e. The minimum Gasteiger partial charge on any atom is -0.392 e. The Hall–Kier alpha value is -0.580. The molecule has 8 nitrogen and oxygen atoms in total. The molecule has 0 saturated carbocycles. The Morgan fingerprint density at radius 3 is 2.68 bits per heavy atom. The van der Waals surface area contributed by atoms with Crippen LogP contribution in [0, 0.1) is 5.92 Å². The van der Waals surface area contributed by atoms with Crippen molar-refractivity contribution in [2.75, 3.05) is 13.2 Å². The molecule has 2 heterocycles. The van der Waals surface area contributed by atoms with Crippen molar-refractivity contribution < 1.29 is 29.9 Å². The average molecular weight is 316 g/mol. The van der Waals surface area contributed by atoms with Crippen molar-refractivity contribution in [3.8, 4) is 0 Å². The summed E-state index contributed by atoms with van der Waals surface area (Å²) in [7, 11) is 0. The standard InChI is InChI=1S/C14H24N2O6/c1-5-6(3-17)2-7(12(19)11(5)18)16-10-8-4-21-14(22-8)9(15)13(10)20/h2,5,7-14,16-20H,3-4,15H2,1H3. The summed E-state index contributed by atoms with van der Waals surface area (Å²) in [4.78, 5) is 0. The lowest BCUT2D eigenvalue weighted by Crippen LogP contribution is -2.66. The highest BCUT2D eigenvalue weighted by molar-refractivity contribution is 5.20. The molecule has 9 unspecified atom stereocenters. The van der Waals surface area contributed by atoms with Gasteiger partial charge in [0, 0.05) is 5.92 Å². The summed E-state index contributed by atoms with van der Waals surface area (Å²) in [5.41, 5.74) is 6.53. The van der Waals surface area contributed by atoms with Gasteiger partial charge in [-0.2, -0.15) is 0 Å². The van der Waals surface area contributed by atoms with Crippen LogP contribution in [0.3, 0.4) is 0 Å². The predicted octanol–water partition coefficient (Wildman–Crippen LogP) is -2.95. The number of nitrogens with two attached hydrogens (primary N) is 1. The van der Waals surface area contributed by atoms with Crippen molar-refractivity contribution in [1.29, 1.82) is 0 Å². The van der Waals surface area contributed by atoms with Crippen LogP contribution in [0.5, 0.6) is 0 Å². The molecule has 3 aliphatic rings. The maximum absolute atomic E-state index is 10.3. The molecule has 3 rings (SSSR count). The van der Waals surface area contributed by atoms with E-state index >= 15 is 0 Å². The Balaban J connectivity index is 1.78. The van der Waals surface area contributed by atoms with Gasteiger partial charge >= 0.3 is 0 Å². The lowest BCUT2D eigenvalue weighted by Gasteiger charge is -2.42. The zero-order valence-electron chi connectivity index (χ0n) is 12.4. The number of aliphatic hydroxyl groups excluding tert-OH is 4. The molecule has 0 aromatic heterocycles. The molecule has 0 spiro atoms. The first-order valence-corrected chi connectivity index (χ1v) is 7.58. The van der Waals surface area contributed by atoms with E-state index in [0.717, 1.165) is 0 Å². The average Bonchev–Trinajstić information content (AvgIpc) is 2.96. The number of ether oxygens (including phenoxy) is 2. The third-order valence-corrected chi connectivity index (χ3v) is 4.99. The topological polar surface area (TPSA) is 137 Å². The van der Waals surface area contributed by atoms with Gasteiger partial charge in [-0.25, -0.2) is 0 Å². The Morgan fingerprint density at radius 2 is 2.00 bits per heavy atom. The molecular weight excluding hydrogens is 292 g/mol. The first-order chi connectivity index (χ1) is 10.4. The maximum atomic E-state index is 10.3. The van der Waals surface area contributed by atoms with E-state index in [0.29, 0.717) is 12.2 Å². The van der Waals surface area contributed by atoms with E-state index in [-0.39, 0.29) is 18.6 Å². The summed E-state index contributed by atoms with van der Waals surface area (Å²) in [6.07, 6.45) is -2.21. The van der Waals surface area contributed by atoms with Crippen LogP contribution in [0.15, 0.2) is 11.6 Å². The van der Waals surface area contributed by atoms with E-state index in [9.17, 15) is 20.4 Å². The largest absolute Gasteiger partial charge is 0.392 e. The lowest BCUT2D eigenvalue weighted by atomic mass is 9.81. The minimum absolute atomic E-state index is 0.193. The number of nitrogens with one attached hydrogen (secondary N) is 1. The van der Waals surface area contributed by atoms with Crippen molar-refractivity contribution in [2.24, 2.45) is 11.7 Å². The molecule has 1 aliphatic carbocycles. The Kier molecular flexibility index (Phi) is 4.54. The molecule has 126 valence electrons. The van der Waals surface area contributed by atoms with Crippen molar-refractivity contribution in [3.63, 3.8) is 0 Å². The summed E-state index contributed by atoms with van der Waals surface area (Å²) in [6.45, 7) is 1.86. The van der Waals surface area contributed by atoms with Gasteiger partial charge in [-0.1, -0.05) is 13.0 Å². The summed E-state index contributed by atoms with van der Waals surface area (Å²) in [6, 6.07) is -1.81. The van der Waals surface area contributed by atoms with Crippen LogP contribution in [0.25, 0.3) is 0 Å². The predicted molar refractivity (Wildman–Crippen MR) is 75.7 cm³/mol. The van der Waals surface area contributed by atoms with Gasteiger partial charge in [0.25, 0.3) is 0 Å². The van der Waals surface area contributed by atoms with Gasteiger partial charge in [0.1, 0.15) is 6.10 Å². The quantitative estimate of drug-likeness (QED) is 0.304. The molecule has 2 fully saturated rings. The van der Waals surface area contributed by atoms with Crippen LogP contribution in [-0.2, 0) is 9.47 Å². The monoisotopic (exact) mass is 316 g/mol. The number of aliphatic hydroxyl groups is 4. The summed E-state index contributed by atoms with van der Waals surface area (Å²) in [5, 5.41) is 43.2. The second-order valence-corrected chi connectivity index (χ2v) is 6.33. The van der Waals surface area contributed by atoms with E-state index in [4.69, 9.17) is 15.2 Å². The molecule has 0 aromatic rings. The molecule has 0 amide bonds. The van der Waals surface area contributed by atoms with Crippen molar-refractivity contribution in [3.05, 3.63) is 11.6 Å². The van der Waals surface area contributed by atoms with Crippen molar-refractivity contribution in [2.45, 2.75) is 55.8 Å². The van der Waals surface area contributed by atoms with E-state index in [1.807, 2.05) is 0 Å². The summed E-state index contributed by atoms with van der Waals surface area (Å²) < 4.78 is 11.0. The Morgan fingerprint density at radius 1 is 1.27 bits per heavy atom. The van der Waals surface area contributed by atoms with E-state index in [2.05, 4.69) is 5.32 Å². The smallest absolute Gasteiger partial charge is 0.175 e. The normalized spacial score (nSPS) is 51.7. The van der Waals surface area contributed by atoms with Gasteiger partial charge in [0.2, 0.25) is 0 Å². The van der Waals surface area contributed by atoms with Gasteiger partial charge < -0.3 is 41.0 Å². The second-order valence-electron chi connectivity index (χ2n) is 6.33. The second kappa shape index (κ2) is 6.14. The number of hydrogen-bond acceptors (Lipinski definition) is 8. The van der Waals surface area contributed by atoms with Crippen LogP contribution < -0.4 is 11.1 Å². The molecule has 2 saturated heterocycles. The molecule has 8 heteroatoms. The van der Waals surface area contributed by atoms with Crippen LogP contribution in [0.2, 0.25) is 0 Å². The molecule has 9 atom stereocenters. The van der Waals surface area contributed by atoms with Crippen LogP contribution in [0.1, 0.15) is 6.92 Å². The van der Waals surface area contributed by atoms with Gasteiger partial charge in [-0.3, -0.25) is 0 Å². The fourth-order valence-corrected chi connectivity index (χ4v) is 3.43. The molecule has 0 aromatic carbocycles. The van der Waals surface area contributed by atoms with Crippen LogP contribution in [-0.4, -0.2) is 82.5 Å². The van der Waals surface area contributed by atoms with Gasteiger partial charge in [0.05, 0.1) is 49.7 Å². The number of rotatable bonds is 3. The minimum atomic E-state index is -1.05. The molecule has 22 heavy (non-hydrogen) atoms. The molecule has 7 N–H and O–H groups in total. The Bertz CT molecular complexity index is 447.